The van der Waals surface area contributed by atoms with Gasteiger partial charge in [-0.25, -0.2) is 8.78 Å². The summed E-state index contributed by atoms with van der Waals surface area (Å²) >= 11 is 0. The molecule has 0 bridgehead atoms. The van der Waals surface area contributed by atoms with Crippen molar-refractivity contribution in [1.29, 1.82) is 0 Å². The van der Waals surface area contributed by atoms with Crippen molar-refractivity contribution < 1.29 is 13.6 Å². The Labute approximate surface area is 103 Å². The average molecular weight is 250 g/mol. The highest BCUT2D eigenvalue weighted by atomic mass is 19.2. The Kier molecular flexibility index (Phi) is 3.50. The lowest BCUT2D eigenvalue weighted by molar-refractivity contribution is 0.0988. The van der Waals surface area contributed by atoms with Crippen molar-refractivity contribution >= 4 is 5.78 Å². The van der Waals surface area contributed by atoms with Crippen LogP contribution in [0, 0.1) is 11.6 Å². The van der Waals surface area contributed by atoms with Crippen LogP contribution in [0.15, 0.2) is 30.6 Å². The zero-order valence-electron chi connectivity index (χ0n) is 9.86. The van der Waals surface area contributed by atoms with Crippen molar-refractivity contribution in [2.75, 3.05) is 0 Å². The second-order valence-corrected chi connectivity index (χ2v) is 3.95. The molecule has 1 heterocycles. The Morgan fingerprint density at radius 2 is 2.11 bits per heavy atom. The molecule has 2 aromatic rings. The molecule has 0 aliphatic rings. The maximum Gasteiger partial charge on any atom is 0.165 e. The molecule has 1 aromatic carbocycles. The van der Waals surface area contributed by atoms with Gasteiger partial charge in [0.2, 0.25) is 0 Å². The van der Waals surface area contributed by atoms with Gasteiger partial charge in [-0.2, -0.15) is 5.10 Å². The number of Topliss-reactive ketones (excluding diaryl/α,β-unsaturated/α-hetero) is 1. The van der Waals surface area contributed by atoms with Crippen molar-refractivity contribution in [2.45, 2.75) is 19.9 Å². The molecule has 0 radical (unpaired) electrons. The van der Waals surface area contributed by atoms with Gasteiger partial charge >= 0.3 is 0 Å². The minimum absolute atomic E-state index is 0.00605. The van der Waals surface area contributed by atoms with Gasteiger partial charge < -0.3 is 0 Å². The van der Waals surface area contributed by atoms with Gasteiger partial charge in [0.25, 0.3) is 0 Å². The van der Waals surface area contributed by atoms with Crippen LogP contribution in [0.3, 0.4) is 0 Å². The highest BCUT2D eigenvalue weighted by Gasteiger charge is 2.07. The Bertz CT molecular complexity index is 578. The Morgan fingerprint density at radius 1 is 1.33 bits per heavy atom. The zero-order chi connectivity index (χ0) is 13.1. The van der Waals surface area contributed by atoms with Crippen molar-refractivity contribution in [3.05, 3.63) is 53.4 Å². The first-order valence-corrected chi connectivity index (χ1v) is 5.59. The van der Waals surface area contributed by atoms with Crippen LogP contribution in [0.5, 0.6) is 0 Å². The van der Waals surface area contributed by atoms with Gasteiger partial charge in [-0.05, 0) is 17.7 Å². The number of hydrogen-bond donors (Lipinski definition) is 0. The first kappa shape index (κ1) is 12.4. The third-order valence-electron chi connectivity index (χ3n) is 2.60. The number of rotatable bonds is 4. The second kappa shape index (κ2) is 5.08. The highest BCUT2D eigenvalue weighted by Crippen LogP contribution is 2.10. The molecule has 0 unspecified atom stereocenters. The van der Waals surface area contributed by atoms with Gasteiger partial charge in [0.1, 0.15) is 0 Å². The number of nitrogens with zero attached hydrogens (tertiary/aromatic N) is 2. The third kappa shape index (κ3) is 2.61. The van der Waals surface area contributed by atoms with E-state index in [1.807, 2.05) is 0 Å². The summed E-state index contributed by atoms with van der Waals surface area (Å²) in [6.45, 7) is 2.07. The van der Waals surface area contributed by atoms with Gasteiger partial charge in [-0.3, -0.25) is 9.48 Å². The fourth-order valence-electron chi connectivity index (χ4n) is 1.62. The van der Waals surface area contributed by atoms with Crippen LogP contribution >= 0.6 is 0 Å². The summed E-state index contributed by atoms with van der Waals surface area (Å²) in [5.74, 6) is -1.75. The van der Waals surface area contributed by atoms with E-state index in [1.54, 1.807) is 13.1 Å². The van der Waals surface area contributed by atoms with E-state index in [9.17, 15) is 13.6 Å². The van der Waals surface area contributed by atoms with E-state index >= 15 is 0 Å². The van der Waals surface area contributed by atoms with Crippen molar-refractivity contribution in [3.63, 3.8) is 0 Å². The summed E-state index contributed by atoms with van der Waals surface area (Å²) in [5.41, 5.74) is 1.12. The lowest BCUT2D eigenvalue weighted by Crippen LogP contribution is -2.01. The van der Waals surface area contributed by atoms with Gasteiger partial charge in [-0.1, -0.05) is 13.0 Å². The summed E-state index contributed by atoms with van der Waals surface area (Å²) in [6.07, 6.45) is 3.50. The van der Waals surface area contributed by atoms with E-state index in [2.05, 4.69) is 5.10 Å². The maximum absolute atomic E-state index is 13.0. The number of benzene rings is 1. The summed E-state index contributed by atoms with van der Waals surface area (Å²) in [5, 5.41) is 4.01. The van der Waals surface area contributed by atoms with Gasteiger partial charge in [0.15, 0.2) is 17.4 Å². The molecule has 0 fully saturated rings. The molecule has 5 heteroatoms. The molecule has 0 aliphatic heterocycles. The molecule has 0 atom stereocenters. The fraction of sp³-hybridized carbons (Fsp3) is 0.231. The molecule has 94 valence electrons. The molecule has 3 nitrogen and oxygen atoms in total. The van der Waals surface area contributed by atoms with Crippen molar-refractivity contribution in [1.82, 2.24) is 9.78 Å². The van der Waals surface area contributed by atoms with Crippen LogP contribution in [-0.4, -0.2) is 15.6 Å². The highest BCUT2D eigenvalue weighted by molar-refractivity contribution is 5.95. The predicted molar refractivity (Wildman–Crippen MR) is 62.3 cm³/mol. The molecule has 0 amide bonds. The second-order valence-electron chi connectivity index (χ2n) is 3.95. The quantitative estimate of drug-likeness (QED) is 0.782. The number of carbonyl (C=O) groups excluding carboxylic acids is 1. The molecule has 2 rings (SSSR count). The summed E-state index contributed by atoms with van der Waals surface area (Å²) in [4.78, 5) is 11.4. The van der Waals surface area contributed by atoms with E-state index in [4.69, 9.17) is 0 Å². The van der Waals surface area contributed by atoms with Crippen LogP contribution in [0.2, 0.25) is 0 Å². The van der Waals surface area contributed by atoms with E-state index in [0.29, 0.717) is 24.1 Å². The normalized spacial score (nSPS) is 10.6. The number of hydrogen-bond acceptors (Lipinski definition) is 2. The Balaban J connectivity index is 2.16. The monoisotopic (exact) mass is 250 g/mol. The minimum atomic E-state index is -0.885. The molecule has 0 aliphatic carbocycles. The molecular formula is C13H12F2N2O. The van der Waals surface area contributed by atoms with E-state index in [0.717, 1.165) is 12.1 Å². The van der Waals surface area contributed by atoms with Crippen molar-refractivity contribution in [2.24, 2.45) is 0 Å². The van der Waals surface area contributed by atoms with E-state index in [1.165, 1.54) is 16.9 Å². The predicted octanol–water partition coefficient (Wildman–Crippen LogP) is 2.80. The van der Waals surface area contributed by atoms with Crippen LogP contribution < -0.4 is 0 Å². The molecule has 0 N–H and O–H groups in total. The average Bonchev–Trinajstić information content (AvgIpc) is 2.81. The first-order valence-electron chi connectivity index (χ1n) is 5.59. The fourth-order valence-corrected chi connectivity index (χ4v) is 1.62. The number of ketones is 1. The number of halogens is 2. The SMILES string of the molecule is CCC(=O)c1cnn(Cc2ccc(F)c(F)c2)c1. The molecule has 18 heavy (non-hydrogen) atoms. The minimum Gasteiger partial charge on any atom is -0.294 e. The van der Waals surface area contributed by atoms with Crippen LogP contribution in [0.25, 0.3) is 0 Å². The third-order valence-corrected chi connectivity index (χ3v) is 2.60. The summed E-state index contributed by atoms with van der Waals surface area (Å²) in [6, 6.07) is 3.69. The molecule has 1 aromatic heterocycles. The van der Waals surface area contributed by atoms with E-state index in [-0.39, 0.29) is 5.78 Å². The topological polar surface area (TPSA) is 34.9 Å². The lowest BCUT2D eigenvalue weighted by Gasteiger charge is -2.02. The molecule has 0 saturated carbocycles. The van der Waals surface area contributed by atoms with Gasteiger partial charge in [0.05, 0.1) is 18.3 Å². The summed E-state index contributed by atoms with van der Waals surface area (Å²) in [7, 11) is 0. The Morgan fingerprint density at radius 3 is 2.78 bits per heavy atom. The Hall–Kier alpha value is -2.04. The smallest absolute Gasteiger partial charge is 0.165 e. The summed E-state index contributed by atoms with van der Waals surface area (Å²) < 4.78 is 27.3. The largest absolute Gasteiger partial charge is 0.294 e. The van der Waals surface area contributed by atoms with Crippen LogP contribution in [-0.2, 0) is 6.54 Å². The number of carbonyl (C=O) groups is 1. The molecule has 0 saturated heterocycles. The van der Waals surface area contributed by atoms with Gasteiger partial charge in [0, 0.05) is 12.6 Å². The van der Waals surface area contributed by atoms with Crippen molar-refractivity contribution in [3.8, 4) is 0 Å². The van der Waals surface area contributed by atoms with Crippen LogP contribution in [0.4, 0.5) is 8.78 Å². The standard InChI is InChI=1S/C13H12F2N2O/c1-2-13(18)10-6-16-17(8-10)7-9-3-4-11(14)12(15)5-9/h3-6,8H,2,7H2,1H3. The van der Waals surface area contributed by atoms with Crippen LogP contribution in [0.1, 0.15) is 29.3 Å². The zero-order valence-corrected chi connectivity index (χ0v) is 9.86. The first-order chi connectivity index (χ1) is 8.60. The van der Waals surface area contributed by atoms with Gasteiger partial charge in [-0.15, -0.1) is 0 Å². The maximum atomic E-state index is 13.0. The molecular weight excluding hydrogens is 238 g/mol. The lowest BCUT2D eigenvalue weighted by atomic mass is 10.2. The number of aromatic nitrogens is 2. The van der Waals surface area contributed by atoms with E-state index < -0.39 is 11.6 Å². The molecule has 0 spiro atoms.